The zero-order valence-corrected chi connectivity index (χ0v) is 14.2. The van der Waals surface area contributed by atoms with Crippen molar-refractivity contribution in [3.05, 3.63) is 71.8 Å². The maximum Gasteiger partial charge on any atom is 0.345 e. The molecular formula is C20H21NO5. The maximum absolute atomic E-state index is 12.6. The van der Waals surface area contributed by atoms with Crippen LogP contribution in [0.1, 0.15) is 17.5 Å². The fourth-order valence-electron chi connectivity index (χ4n) is 2.63. The number of carboxylic acid groups (broad SMARTS) is 1. The van der Waals surface area contributed by atoms with Crippen molar-refractivity contribution in [2.24, 2.45) is 11.7 Å². The van der Waals surface area contributed by atoms with E-state index in [1.165, 1.54) is 0 Å². The molecule has 0 unspecified atom stereocenters. The van der Waals surface area contributed by atoms with Crippen molar-refractivity contribution in [1.82, 2.24) is 0 Å². The van der Waals surface area contributed by atoms with Gasteiger partial charge in [-0.05, 0) is 24.0 Å². The van der Waals surface area contributed by atoms with Gasteiger partial charge in [-0.1, -0.05) is 60.7 Å². The van der Waals surface area contributed by atoms with Crippen LogP contribution in [0.25, 0.3) is 0 Å². The van der Waals surface area contributed by atoms with E-state index in [-0.39, 0.29) is 0 Å². The first kappa shape index (κ1) is 19.2. The van der Waals surface area contributed by atoms with Crippen molar-refractivity contribution in [3.63, 3.8) is 0 Å². The Bertz CT molecular complexity index is 704. The molecule has 1 atom stereocenters. The summed E-state index contributed by atoms with van der Waals surface area (Å²) < 4.78 is 5.09. The van der Waals surface area contributed by atoms with E-state index >= 15 is 0 Å². The lowest BCUT2D eigenvalue weighted by molar-refractivity contribution is -0.168. The minimum Gasteiger partial charge on any atom is -0.478 e. The van der Waals surface area contributed by atoms with E-state index in [9.17, 15) is 14.4 Å². The molecule has 2 aromatic carbocycles. The molecular weight excluding hydrogens is 334 g/mol. The number of hydrogen-bond acceptors (Lipinski definition) is 4. The largest absolute Gasteiger partial charge is 0.478 e. The van der Waals surface area contributed by atoms with Crippen molar-refractivity contribution in [2.45, 2.75) is 25.4 Å². The summed E-state index contributed by atoms with van der Waals surface area (Å²) in [6.07, 6.45) is -1.33. The van der Waals surface area contributed by atoms with Gasteiger partial charge in [0.05, 0.1) is 12.3 Å². The van der Waals surface area contributed by atoms with Gasteiger partial charge in [0.2, 0.25) is 12.0 Å². The quantitative estimate of drug-likeness (QED) is 0.669. The van der Waals surface area contributed by atoms with Gasteiger partial charge < -0.3 is 15.6 Å². The highest BCUT2D eigenvalue weighted by Gasteiger charge is 2.29. The minimum atomic E-state index is -1.57. The molecule has 2 rings (SSSR count). The lowest BCUT2D eigenvalue weighted by Crippen LogP contribution is -2.35. The third-order valence-electron chi connectivity index (χ3n) is 3.90. The van der Waals surface area contributed by atoms with Crippen molar-refractivity contribution >= 4 is 17.8 Å². The Hall–Kier alpha value is -3.15. The van der Waals surface area contributed by atoms with Crippen molar-refractivity contribution in [1.29, 1.82) is 0 Å². The van der Waals surface area contributed by atoms with Crippen molar-refractivity contribution in [3.8, 4) is 0 Å². The Kier molecular flexibility index (Phi) is 6.91. The number of benzene rings is 2. The molecule has 6 nitrogen and oxygen atoms in total. The number of esters is 1. The van der Waals surface area contributed by atoms with E-state index in [2.05, 4.69) is 0 Å². The third kappa shape index (κ3) is 6.05. The number of hydrogen-bond donors (Lipinski definition) is 2. The maximum atomic E-state index is 12.6. The second-order valence-corrected chi connectivity index (χ2v) is 6.01. The molecule has 136 valence electrons. The van der Waals surface area contributed by atoms with Gasteiger partial charge in [-0.3, -0.25) is 9.59 Å². The first-order valence-corrected chi connectivity index (χ1v) is 8.25. The molecule has 26 heavy (non-hydrogen) atoms. The highest BCUT2D eigenvalue weighted by molar-refractivity contribution is 5.85. The molecule has 0 heterocycles. The van der Waals surface area contributed by atoms with E-state index in [1.54, 1.807) is 0 Å². The van der Waals surface area contributed by atoms with Gasteiger partial charge in [0, 0.05) is 0 Å². The summed E-state index contributed by atoms with van der Waals surface area (Å²) in [7, 11) is 0. The van der Waals surface area contributed by atoms with Gasteiger partial charge in [0.15, 0.2) is 0 Å². The average molecular weight is 355 g/mol. The van der Waals surface area contributed by atoms with E-state index in [1.807, 2.05) is 60.7 Å². The summed E-state index contributed by atoms with van der Waals surface area (Å²) in [5.74, 6) is -3.47. The Balaban J connectivity index is 2.16. The molecule has 3 N–H and O–H groups in total. The summed E-state index contributed by atoms with van der Waals surface area (Å²) in [4.78, 5) is 34.9. The van der Waals surface area contributed by atoms with Crippen molar-refractivity contribution in [2.75, 3.05) is 0 Å². The minimum absolute atomic E-state index is 0.400. The van der Waals surface area contributed by atoms with Crippen LogP contribution in [0.3, 0.4) is 0 Å². The fourth-order valence-corrected chi connectivity index (χ4v) is 2.63. The van der Waals surface area contributed by atoms with Crippen LogP contribution in [-0.2, 0) is 32.0 Å². The molecule has 2 aromatic rings. The smallest absolute Gasteiger partial charge is 0.345 e. The van der Waals surface area contributed by atoms with Gasteiger partial charge >= 0.3 is 11.9 Å². The van der Waals surface area contributed by atoms with Crippen LogP contribution < -0.4 is 5.73 Å². The standard InChI is InChI=1S/C20H21NO5/c21-18(22)13-17(19(23)24)26-20(25)16(11-14-7-3-1-4-8-14)12-15-9-5-2-6-10-15/h1-10,16-17H,11-13H2,(H2,21,22)(H,23,24)/t17-/m0/s1. The molecule has 0 radical (unpaired) electrons. The summed E-state index contributed by atoms with van der Waals surface area (Å²) in [5, 5.41) is 9.15. The van der Waals surface area contributed by atoms with E-state index in [0.29, 0.717) is 12.8 Å². The van der Waals surface area contributed by atoms with E-state index < -0.39 is 36.3 Å². The number of carbonyl (C=O) groups excluding carboxylic acids is 2. The highest BCUT2D eigenvalue weighted by atomic mass is 16.6. The van der Waals surface area contributed by atoms with Gasteiger partial charge in [0.25, 0.3) is 0 Å². The predicted octanol–water partition coefficient (Wildman–Crippen LogP) is 1.96. The van der Waals surface area contributed by atoms with Crippen LogP contribution >= 0.6 is 0 Å². The molecule has 0 bridgehead atoms. The molecule has 0 aliphatic carbocycles. The summed E-state index contributed by atoms with van der Waals surface area (Å²) in [6.45, 7) is 0. The van der Waals surface area contributed by atoms with Gasteiger partial charge in [-0.25, -0.2) is 4.79 Å². The van der Waals surface area contributed by atoms with Crippen LogP contribution in [-0.4, -0.2) is 29.1 Å². The van der Waals surface area contributed by atoms with Crippen LogP contribution in [0.4, 0.5) is 0 Å². The normalized spacial score (nSPS) is 11.7. The van der Waals surface area contributed by atoms with Crippen LogP contribution in [0.2, 0.25) is 0 Å². The number of ether oxygens (including phenoxy) is 1. The second kappa shape index (κ2) is 9.36. The van der Waals surface area contributed by atoms with Crippen molar-refractivity contribution < 1.29 is 24.2 Å². The number of nitrogens with two attached hydrogens (primary N) is 1. The van der Waals surface area contributed by atoms with Crippen LogP contribution in [0.15, 0.2) is 60.7 Å². The molecule has 0 aliphatic rings. The number of rotatable bonds is 9. The molecule has 6 heteroatoms. The number of aliphatic carboxylic acids is 1. The Morgan fingerprint density at radius 1 is 0.885 bits per heavy atom. The Labute approximate surface area is 151 Å². The Morgan fingerprint density at radius 2 is 1.35 bits per heavy atom. The van der Waals surface area contributed by atoms with Crippen LogP contribution in [0, 0.1) is 5.92 Å². The zero-order valence-electron chi connectivity index (χ0n) is 14.2. The topological polar surface area (TPSA) is 107 Å². The lowest BCUT2D eigenvalue weighted by Gasteiger charge is -2.19. The molecule has 0 fully saturated rings. The highest BCUT2D eigenvalue weighted by Crippen LogP contribution is 2.18. The zero-order chi connectivity index (χ0) is 18.9. The molecule has 0 aliphatic heterocycles. The molecule has 0 aromatic heterocycles. The molecule has 0 saturated heterocycles. The first-order valence-electron chi connectivity index (χ1n) is 8.25. The fraction of sp³-hybridized carbons (Fsp3) is 0.250. The number of amides is 1. The average Bonchev–Trinajstić information content (AvgIpc) is 2.62. The van der Waals surface area contributed by atoms with E-state index in [0.717, 1.165) is 11.1 Å². The SMILES string of the molecule is NC(=O)C[C@H](OC(=O)C(Cc1ccccc1)Cc1ccccc1)C(=O)O. The van der Waals surface area contributed by atoms with Gasteiger partial charge in [0.1, 0.15) is 0 Å². The van der Waals surface area contributed by atoms with Gasteiger partial charge in [-0.15, -0.1) is 0 Å². The molecule has 0 saturated carbocycles. The third-order valence-corrected chi connectivity index (χ3v) is 3.90. The predicted molar refractivity (Wildman–Crippen MR) is 95.1 cm³/mol. The first-order chi connectivity index (χ1) is 12.5. The summed E-state index contributed by atoms with van der Waals surface area (Å²) in [6, 6.07) is 18.8. The monoisotopic (exact) mass is 355 g/mol. The summed E-state index contributed by atoms with van der Waals surface area (Å²) >= 11 is 0. The number of primary amides is 1. The van der Waals surface area contributed by atoms with E-state index in [4.69, 9.17) is 15.6 Å². The lowest BCUT2D eigenvalue weighted by atomic mass is 9.92. The second-order valence-electron chi connectivity index (χ2n) is 6.01. The Morgan fingerprint density at radius 3 is 1.73 bits per heavy atom. The summed E-state index contributed by atoms with van der Waals surface area (Å²) in [5.41, 5.74) is 6.91. The van der Waals surface area contributed by atoms with Crippen LogP contribution in [0.5, 0.6) is 0 Å². The molecule has 1 amide bonds. The molecule has 0 spiro atoms. The number of carboxylic acids is 1. The number of carbonyl (C=O) groups is 3. The van der Waals surface area contributed by atoms with Gasteiger partial charge in [-0.2, -0.15) is 0 Å².